The number of amides is 1. The molecule has 1 amide bonds. The summed E-state index contributed by atoms with van der Waals surface area (Å²) < 4.78 is 5.73. The monoisotopic (exact) mass is 301 g/mol. The summed E-state index contributed by atoms with van der Waals surface area (Å²) in [4.78, 5) is 15.0. The van der Waals surface area contributed by atoms with Gasteiger partial charge in [-0.2, -0.15) is 0 Å². The number of primary amides is 1. The Morgan fingerprint density at radius 1 is 1.42 bits per heavy atom. The second-order valence-electron chi connectivity index (χ2n) is 4.71. The summed E-state index contributed by atoms with van der Waals surface area (Å²) in [5.41, 5.74) is 11.9. The van der Waals surface area contributed by atoms with Crippen LogP contribution in [0.2, 0.25) is 0 Å². The molecule has 1 fully saturated rings. The summed E-state index contributed by atoms with van der Waals surface area (Å²) in [7, 11) is 0. The number of thiophene rings is 1. The smallest absolute Gasteiger partial charge is 0.261 e. The predicted molar refractivity (Wildman–Crippen MR) is 81.3 cm³/mol. The second kappa shape index (κ2) is 5.60. The number of hydrogen-bond acceptors (Lipinski definition) is 6. The first-order chi connectivity index (χ1) is 8.93. The minimum Gasteiger partial charge on any atom is -0.396 e. The Bertz CT molecular complexity index is 480. The lowest BCUT2D eigenvalue weighted by Crippen LogP contribution is -2.45. The molecule has 1 aliphatic heterocycles. The Hall–Kier alpha value is -0.920. The van der Waals surface area contributed by atoms with Gasteiger partial charge in [-0.05, 0) is 20.1 Å². The number of thioether (sulfide) groups is 1. The lowest BCUT2D eigenvalue weighted by molar-refractivity contribution is -0.00513. The van der Waals surface area contributed by atoms with Crippen LogP contribution in [0, 0.1) is 0 Å². The van der Waals surface area contributed by atoms with Crippen molar-refractivity contribution < 1.29 is 9.53 Å². The summed E-state index contributed by atoms with van der Waals surface area (Å²) in [6.45, 7) is 5.70. The Kier molecular flexibility index (Phi) is 4.27. The fraction of sp³-hybridized carbons (Fsp3) is 0.583. The molecule has 2 rings (SSSR count). The fourth-order valence-electron chi connectivity index (χ4n) is 2.35. The highest BCUT2D eigenvalue weighted by atomic mass is 32.2. The van der Waals surface area contributed by atoms with E-state index in [-0.39, 0.29) is 12.2 Å². The van der Waals surface area contributed by atoms with Gasteiger partial charge in [-0.25, -0.2) is 0 Å². The topological polar surface area (TPSA) is 81.6 Å². The summed E-state index contributed by atoms with van der Waals surface area (Å²) in [5, 5.41) is 1.03. The van der Waals surface area contributed by atoms with Crippen molar-refractivity contribution in [2.24, 2.45) is 5.73 Å². The maximum Gasteiger partial charge on any atom is 0.261 e. The van der Waals surface area contributed by atoms with Gasteiger partial charge in [-0.3, -0.25) is 4.79 Å². The molecule has 0 radical (unpaired) electrons. The van der Waals surface area contributed by atoms with E-state index in [1.165, 1.54) is 11.3 Å². The van der Waals surface area contributed by atoms with E-state index in [1.54, 1.807) is 11.8 Å². The molecule has 4 N–H and O–H groups in total. The van der Waals surface area contributed by atoms with Crippen LogP contribution in [0.25, 0.3) is 0 Å². The molecule has 2 heterocycles. The van der Waals surface area contributed by atoms with E-state index in [9.17, 15) is 4.79 Å². The van der Waals surface area contributed by atoms with E-state index in [0.29, 0.717) is 10.6 Å². The lowest BCUT2D eigenvalue weighted by Gasteiger charge is -2.36. The van der Waals surface area contributed by atoms with Gasteiger partial charge in [0.05, 0.1) is 22.8 Å². The van der Waals surface area contributed by atoms with Gasteiger partial charge in [0.1, 0.15) is 9.88 Å². The Balaban J connectivity index is 2.38. The summed E-state index contributed by atoms with van der Waals surface area (Å²) in [6.07, 6.45) is 2.29. The highest BCUT2D eigenvalue weighted by Crippen LogP contribution is 2.44. The molecule has 0 aromatic carbocycles. The van der Waals surface area contributed by atoms with Crippen molar-refractivity contribution in [2.75, 3.05) is 30.0 Å². The number of nitrogens with zero attached hydrogens (tertiary/aromatic N) is 1. The minimum atomic E-state index is -0.460. The molecule has 1 aliphatic rings. The van der Waals surface area contributed by atoms with Crippen LogP contribution in [-0.2, 0) is 4.74 Å². The molecule has 0 bridgehead atoms. The average Bonchev–Trinajstić information content (AvgIpc) is 2.65. The molecule has 7 heteroatoms. The van der Waals surface area contributed by atoms with Crippen molar-refractivity contribution in [2.45, 2.75) is 31.0 Å². The van der Waals surface area contributed by atoms with Crippen molar-refractivity contribution >= 4 is 39.7 Å². The van der Waals surface area contributed by atoms with Crippen molar-refractivity contribution in [1.29, 1.82) is 0 Å². The maximum atomic E-state index is 11.4. The van der Waals surface area contributed by atoms with Gasteiger partial charge in [0.15, 0.2) is 0 Å². The van der Waals surface area contributed by atoms with E-state index < -0.39 is 5.91 Å². The Morgan fingerprint density at radius 2 is 2.00 bits per heavy atom. The zero-order valence-electron chi connectivity index (χ0n) is 11.3. The summed E-state index contributed by atoms with van der Waals surface area (Å²) in [6, 6.07) is 0. The van der Waals surface area contributed by atoms with E-state index in [2.05, 4.69) is 4.90 Å². The summed E-state index contributed by atoms with van der Waals surface area (Å²) >= 11 is 2.93. The standard InChI is InChI=1S/C12H19N3O2S2/c1-6-4-15(5-7(2)17-6)12-10(18-3)8(13)9(19-12)11(14)16/h6-7H,4-5,13H2,1-3H3,(H2,14,16). The fourth-order valence-corrected chi connectivity index (χ4v) is 4.40. The van der Waals surface area contributed by atoms with Crippen LogP contribution < -0.4 is 16.4 Å². The van der Waals surface area contributed by atoms with E-state index in [0.717, 1.165) is 23.0 Å². The Morgan fingerprint density at radius 3 is 2.47 bits per heavy atom. The molecule has 106 valence electrons. The van der Waals surface area contributed by atoms with Crippen LogP contribution in [0.5, 0.6) is 0 Å². The van der Waals surface area contributed by atoms with E-state index in [1.807, 2.05) is 20.1 Å². The first-order valence-corrected chi connectivity index (χ1v) is 8.14. The molecule has 1 aromatic heterocycles. The minimum absolute atomic E-state index is 0.166. The van der Waals surface area contributed by atoms with Crippen LogP contribution >= 0.6 is 23.1 Å². The molecule has 19 heavy (non-hydrogen) atoms. The Labute approximate surface area is 121 Å². The quantitative estimate of drug-likeness (QED) is 0.832. The predicted octanol–water partition coefficient (Wildman–Crippen LogP) is 1.76. The summed E-state index contributed by atoms with van der Waals surface area (Å²) in [5.74, 6) is -0.460. The number of nitrogen functional groups attached to an aromatic ring is 1. The normalized spacial score (nSPS) is 23.6. The molecular weight excluding hydrogens is 282 g/mol. The first-order valence-electron chi connectivity index (χ1n) is 6.10. The average molecular weight is 301 g/mol. The van der Waals surface area contributed by atoms with Crippen LogP contribution in [0.3, 0.4) is 0 Å². The molecule has 2 atom stereocenters. The molecule has 2 unspecified atom stereocenters. The number of ether oxygens (including phenoxy) is 1. The zero-order chi connectivity index (χ0) is 14.2. The molecule has 0 saturated carbocycles. The number of anilines is 2. The van der Waals surface area contributed by atoms with Gasteiger partial charge in [0.25, 0.3) is 5.91 Å². The van der Waals surface area contributed by atoms with Gasteiger partial charge in [-0.15, -0.1) is 23.1 Å². The van der Waals surface area contributed by atoms with Gasteiger partial charge < -0.3 is 21.1 Å². The van der Waals surface area contributed by atoms with Crippen molar-refractivity contribution in [3.63, 3.8) is 0 Å². The van der Waals surface area contributed by atoms with Crippen molar-refractivity contribution in [3.05, 3.63) is 4.88 Å². The van der Waals surface area contributed by atoms with Gasteiger partial charge in [0.2, 0.25) is 0 Å². The van der Waals surface area contributed by atoms with E-state index >= 15 is 0 Å². The van der Waals surface area contributed by atoms with Crippen LogP contribution in [0.15, 0.2) is 4.90 Å². The van der Waals surface area contributed by atoms with Crippen LogP contribution in [0.4, 0.5) is 10.7 Å². The molecule has 0 spiro atoms. The molecule has 1 aromatic rings. The van der Waals surface area contributed by atoms with Crippen molar-refractivity contribution in [1.82, 2.24) is 0 Å². The zero-order valence-corrected chi connectivity index (χ0v) is 12.9. The number of hydrogen-bond donors (Lipinski definition) is 2. The highest BCUT2D eigenvalue weighted by Gasteiger charge is 2.28. The van der Waals surface area contributed by atoms with Gasteiger partial charge in [0, 0.05) is 13.1 Å². The number of rotatable bonds is 3. The molecule has 5 nitrogen and oxygen atoms in total. The van der Waals surface area contributed by atoms with Crippen LogP contribution in [-0.4, -0.2) is 37.5 Å². The maximum absolute atomic E-state index is 11.4. The molecule has 1 saturated heterocycles. The third-order valence-electron chi connectivity index (χ3n) is 3.02. The second-order valence-corrected chi connectivity index (χ2v) is 6.53. The first kappa shape index (κ1) is 14.5. The molecular formula is C12H19N3O2S2. The van der Waals surface area contributed by atoms with Crippen LogP contribution in [0.1, 0.15) is 23.5 Å². The van der Waals surface area contributed by atoms with E-state index in [4.69, 9.17) is 16.2 Å². The third kappa shape index (κ3) is 2.82. The lowest BCUT2D eigenvalue weighted by atomic mass is 10.2. The molecule has 0 aliphatic carbocycles. The number of morpholine rings is 1. The largest absolute Gasteiger partial charge is 0.396 e. The number of carbonyl (C=O) groups excluding carboxylic acids is 1. The third-order valence-corrected chi connectivity index (χ3v) is 5.25. The number of nitrogens with two attached hydrogens (primary N) is 2. The van der Waals surface area contributed by atoms with Gasteiger partial charge >= 0.3 is 0 Å². The van der Waals surface area contributed by atoms with Gasteiger partial charge in [-0.1, -0.05) is 0 Å². The number of carbonyl (C=O) groups is 1. The highest BCUT2D eigenvalue weighted by molar-refractivity contribution is 7.99. The van der Waals surface area contributed by atoms with Crippen molar-refractivity contribution in [3.8, 4) is 0 Å². The SMILES string of the molecule is CSc1c(N2CC(C)OC(C)C2)sc(C(N)=O)c1N.